The Bertz CT molecular complexity index is 704. The van der Waals surface area contributed by atoms with E-state index in [4.69, 9.17) is 0 Å². The van der Waals surface area contributed by atoms with Crippen LogP contribution in [-0.4, -0.2) is 27.6 Å². The second kappa shape index (κ2) is 7.40. The van der Waals surface area contributed by atoms with Gasteiger partial charge in [-0.15, -0.1) is 0 Å². The molecule has 2 N–H and O–H groups in total. The number of benzene rings is 1. The highest BCUT2D eigenvalue weighted by atomic mass is 16.2. The molecular formula is C17H20N4O2. The average Bonchev–Trinajstić information content (AvgIpc) is 2.92. The van der Waals surface area contributed by atoms with Crippen molar-refractivity contribution in [1.82, 2.24) is 15.1 Å². The van der Waals surface area contributed by atoms with Crippen molar-refractivity contribution in [3.63, 3.8) is 0 Å². The van der Waals surface area contributed by atoms with Crippen molar-refractivity contribution in [2.45, 2.75) is 26.4 Å². The number of aryl methyl sites for hydroxylation is 1. The van der Waals surface area contributed by atoms with E-state index >= 15 is 0 Å². The van der Waals surface area contributed by atoms with Gasteiger partial charge >= 0.3 is 0 Å². The third kappa shape index (κ3) is 4.81. The Balaban J connectivity index is 1.92. The minimum Gasteiger partial charge on any atom is -0.348 e. The van der Waals surface area contributed by atoms with Gasteiger partial charge in [0.25, 0.3) is 5.91 Å². The van der Waals surface area contributed by atoms with E-state index in [1.165, 1.54) is 6.08 Å². The van der Waals surface area contributed by atoms with Crippen LogP contribution in [0.4, 0.5) is 5.69 Å². The fourth-order valence-electron chi connectivity index (χ4n) is 2.10. The van der Waals surface area contributed by atoms with Gasteiger partial charge in [-0.25, -0.2) is 0 Å². The standard InChI is InChI=1S/C17H20N4O2/c1-4-16(22)20-15-7-5-14(6-8-15)17(23)19-13(3)11-21-10-12(2)9-18-21/h4-10,13H,1,11H2,2-3H3,(H,19,23)(H,20,22). The maximum absolute atomic E-state index is 12.2. The van der Waals surface area contributed by atoms with Crippen molar-refractivity contribution in [2.24, 2.45) is 0 Å². The molecule has 0 saturated carbocycles. The second-order valence-corrected chi connectivity index (χ2v) is 5.38. The summed E-state index contributed by atoms with van der Waals surface area (Å²) in [5.74, 6) is -0.451. The van der Waals surface area contributed by atoms with Crippen LogP contribution in [0.2, 0.25) is 0 Å². The smallest absolute Gasteiger partial charge is 0.251 e. The summed E-state index contributed by atoms with van der Waals surface area (Å²) in [6.45, 7) is 7.89. The molecule has 1 aromatic heterocycles. The third-order valence-electron chi connectivity index (χ3n) is 3.20. The summed E-state index contributed by atoms with van der Waals surface area (Å²) >= 11 is 0. The molecule has 6 heteroatoms. The van der Waals surface area contributed by atoms with Crippen molar-refractivity contribution >= 4 is 17.5 Å². The SMILES string of the molecule is C=CC(=O)Nc1ccc(C(=O)NC(C)Cn2cc(C)cn2)cc1. The summed E-state index contributed by atoms with van der Waals surface area (Å²) in [4.78, 5) is 23.4. The molecular weight excluding hydrogens is 292 g/mol. The van der Waals surface area contributed by atoms with E-state index in [0.717, 1.165) is 5.56 Å². The summed E-state index contributed by atoms with van der Waals surface area (Å²) in [6, 6.07) is 6.63. The van der Waals surface area contributed by atoms with Gasteiger partial charge in [0.2, 0.25) is 5.91 Å². The number of carbonyl (C=O) groups excluding carboxylic acids is 2. The summed E-state index contributed by atoms with van der Waals surface area (Å²) in [5, 5.41) is 9.76. The largest absolute Gasteiger partial charge is 0.348 e. The molecule has 0 radical (unpaired) electrons. The Labute approximate surface area is 135 Å². The predicted molar refractivity (Wildman–Crippen MR) is 89.2 cm³/mol. The van der Waals surface area contributed by atoms with E-state index in [-0.39, 0.29) is 17.9 Å². The Hall–Kier alpha value is -2.89. The Kier molecular flexibility index (Phi) is 5.30. The first-order valence-electron chi connectivity index (χ1n) is 7.31. The monoisotopic (exact) mass is 312 g/mol. The van der Waals surface area contributed by atoms with Crippen LogP contribution in [0.1, 0.15) is 22.8 Å². The number of aromatic nitrogens is 2. The molecule has 0 fully saturated rings. The number of nitrogens with zero attached hydrogens (tertiary/aromatic N) is 2. The van der Waals surface area contributed by atoms with Crippen molar-refractivity contribution in [1.29, 1.82) is 0 Å². The van der Waals surface area contributed by atoms with Gasteiger partial charge in [0, 0.05) is 23.5 Å². The molecule has 1 unspecified atom stereocenters. The molecule has 0 aliphatic heterocycles. The van der Waals surface area contributed by atoms with Gasteiger partial charge in [0.15, 0.2) is 0 Å². The van der Waals surface area contributed by atoms with Crippen LogP contribution < -0.4 is 10.6 Å². The molecule has 0 aliphatic rings. The van der Waals surface area contributed by atoms with E-state index in [1.54, 1.807) is 35.1 Å². The van der Waals surface area contributed by atoms with Crippen LogP contribution in [-0.2, 0) is 11.3 Å². The van der Waals surface area contributed by atoms with Crippen LogP contribution in [0.3, 0.4) is 0 Å². The van der Waals surface area contributed by atoms with Crippen molar-refractivity contribution in [3.05, 3.63) is 60.4 Å². The zero-order chi connectivity index (χ0) is 16.8. The fourth-order valence-corrected chi connectivity index (χ4v) is 2.10. The number of anilines is 1. The molecule has 23 heavy (non-hydrogen) atoms. The lowest BCUT2D eigenvalue weighted by molar-refractivity contribution is -0.111. The van der Waals surface area contributed by atoms with Crippen LogP contribution in [0.15, 0.2) is 49.3 Å². The molecule has 2 amide bonds. The van der Waals surface area contributed by atoms with Crippen molar-refractivity contribution in [2.75, 3.05) is 5.32 Å². The van der Waals surface area contributed by atoms with E-state index in [2.05, 4.69) is 22.3 Å². The van der Waals surface area contributed by atoms with Gasteiger partial charge in [-0.05, 0) is 49.8 Å². The highest BCUT2D eigenvalue weighted by Gasteiger charge is 2.11. The highest BCUT2D eigenvalue weighted by Crippen LogP contribution is 2.10. The van der Waals surface area contributed by atoms with Crippen LogP contribution in [0.25, 0.3) is 0 Å². The number of amides is 2. The maximum Gasteiger partial charge on any atom is 0.251 e. The summed E-state index contributed by atoms with van der Waals surface area (Å²) in [7, 11) is 0. The van der Waals surface area contributed by atoms with Gasteiger partial charge in [-0.3, -0.25) is 14.3 Å². The first-order chi connectivity index (χ1) is 11.0. The molecule has 1 aromatic carbocycles. The number of carbonyl (C=O) groups is 2. The lowest BCUT2D eigenvalue weighted by Gasteiger charge is -2.14. The van der Waals surface area contributed by atoms with E-state index in [0.29, 0.717) is 17.8 Å². The maximum atomic E-state index is 12.2. The molecule has 1 atom stereocenters. The molecule has 0 saturated heterocycles. The van der Waals surface area contributed by atoms with E-state index in [9.17, 15) is 9.59 Å². The second-order valence-electron chi connectivity index (χ2n) is 5.38. The fraction of sp³-hybridized carbons (Fsp3) is 0.235. The first-order valence-corrected chi connectivity index (χ1v) is 7.31. The molecule has 0 aliphatic carbocycles. The highest BCUT2D eigenvalue weighted by molar-refractivity contribution is 5.99. The molecule has 2 aromatic rings. The predicted octanol–water partition coefficient (Wildman–Crippen LogP) is 2.13. The lowest BCUT2D eigenvalue weighted by Crippen LogP contribution is -2.35. The zero-order valence-corrected chi connectivity index (χ0v) is 13.2. The van der Waals surface area contributed by atoms with Crippen LogP contribution in [0.5, 0.6) is 0 Å². The third-order valence-corrected chi connectivity index (χ3v) is 3.20. The molecule has 2 rings (SSSR count). The van der Waals surface area contributed by atoms with E-state index < -0.39 is 0 Å². The first kappa shape index (κ1) is 16.5. The number of hydrogen-bond acceptors (Lipinski definition) is 3. The topological polar surface area (TPSA) is 76.0 Å². The molecule has 1 heterocycles. The molecule has 120 valence electrons. The Morgan fingerprint density at radius 1 is 1.35 bits per heavy atom. The number of rotatable bonds is 6. The van der Waals surface area contributed by atoms with Gasteiger partial charge < -0.3 is 10.6 Å². The summed E-state index contributed by atoms with van der Waals surface area (Å²) in [5.41, 5.74) is 2.23. The molecule has 0 bridgehead atoms. The summed E-state index contributed by atoms with van der Waals surface area (Å²) < 4.78 is 1.80. The molecule has 6 nitrogen and oxygen atoms in total. The Morgan fingerprint density at radius 2 is 2.04 bits per heavy atom. The number of hydrogen-bond donors (Lipinski definition) is 2. The molecule has 0 spiro atoms. The van der Waals surface area contributed by atoms with Gasteiger partial charge in [-0.1, -0.05) is 6.58 Å². The number of nitrogens with one attached hydrogen (secondary N) is 2. The quantitative estimate of drug-likeness (QED) is 0.802. The minimum atomic E-state index is -0.287. The zero-order valence-electron chi connectivity index (χ0n) is 13.2. The summed E-state index contributed by atoms with van der Waals surface area (Å²) in [6.07, 6.45) is 4.91. The normalized spacial score (nSPS) is 11.6. The average molecular weight is 312 g/mol. The lowest BCUT2D eigenvalue weighted by atomic mass is 10.2. The van der Waals surface area contributed by atoms with Crippen molar-refractivity contribution < 1.29 is 9.59 Å². The van der Waals surface area contributed by atoms with Gasteiger partial charge in [0.05, 0.1) is 12.7 Å². The van der Waals surface area contributed by atoms with Gasteiger partial charge in [0.1, 0.15) is 0 Å². The van der Waals surface area contributed by atoms with Crippen molar-refractivity contribution in [3.8, 4) is 0 Å². The minimum absolute atomic E-state index is 0.0538. The van der Waals surface area contributed by atoms with Crippen LogP contribution in [0, 0.1) is 6.92 Å². The Morgan fingerprint density at radius 3 is 2.61 bits per heavy atom. The van der Waals surface area contributed by atoms with E-state index in [1.807, 2.05) is 20.0 Å². The van der Waals surface area contributed by atoms with Gasteiger partial charge in [-0.2, -0.15) is 5.10 Å². The van der Waals surface area contributed by atoms with Crippen LogP contribution >= 0.6 is 0 Å².